The number of aromatic amines is 1. The van der Waals surface area contributed by atoms with Crippen molar-refractivity contribution in [3.8, 4) is 11.6 Å². The minimum absolute atomic E-state index is 0.0791. The second-order valence-electron chi connectivity index (χ2n) is 3.70. The summed E-state index contributed by atoms with van der Waals surface area (Å²) in [5, 5.41) is 3.70. The molecule has 4 nitrogen and oxygen atoms in total. The van der Waals surface area contributed by atoms with Crippen molar-refractivity contribution >= 4 is 11.0 Å². The van der Waals surface area contributed by atoms with Crippen LogP contribution in [0.2, 0.25) is 0 Å². The van der Waals surface area contributed by atoms with Gasteiger partial charge in [-0.05, 0) is 13.0 Å². The van der Waals surface area contributed by atoms with Gasteiger partial charge in [0.15, 0.2) is 11.6 Å². The summed E-state index contributed by atoms with van der Waals surface area (Å²) in [5.41, 5.74) is 1.05. The van der Waals surface area contributed by atoms with E-state index in [0.717, 1.165) is 6.07 Å². The van der Waals surface area contributed by atoms with Crippen LogP contribution in [0.3, 0.4) is 0 Å². The number of fused-ring (bicyclic) bond motifs is 1. The van der Waals surface area contributed by atoms with E-state index in [0.29, 0.717) is 17.3 Å². The SMILES string of the molecule is Cc1cc(-c2nc3c(F)cc(F)cc3[nH]2)on1. The normalized spacial score (nSPS) is 11.2. The molecular formula is C11H7F2N3O. The molecule has 6 heteroatoms. The largest absolute Gasteiger partial charge is 0.353 e. The van der Waals surface area contributed by atoms with Gasteiger partial charge in [0.25, 0.3) is 0 Å². The van der Waals surface area contributed by atoms with Gasteiger partial charge in [-0.15, -0.1) is 0 Å². The van der Waals surface area contributed by atoms with Gasteiger partial charge in [0, 0.05) is 12.1 Å². The van der Waals surface area contributed by atoms with E-state index < -0.39 is 11.6 Å². The van der Waals surface area contributed by atoms with Gasteiger partial charge in [-0.25, -0.2) is 13.8 Å². The highest BCUT2D eigenvalue weighted by atomic mass is 19.1. The van der Waals surface area contributed by atoms with E-state index in [1.54, 1.807) is 13.0 Å². The van der Waals surface area contributed by atoms with Crippen molar-refractivity contribution in [2.24, 2.45) is 0 Å². The lowest BCUT2D eigenvalue weighted by Gasteiger charge is -1.90. The van der Waals surface area contributed by atoms with Crippen LogP contribution < -0.4 is 0 Å². The van der Waals surface area contributed by atoms with Crippen LogP contribution in [0.15, 0.2) is 22.7 Å². The Labute approximate surface area is 94.3 Å². The Morgan fingerprint density at radius 2 is 2.06 bits per heavy atom. The molecule has 0 fully saturated rings. The molecule has 0 aliphatic carbocycles. The van der Waals surface area contributed by atoms with Gasteiger partial charge in [0.1, 0.15) is 11.3 Å². The molecule has 3 rings (SSSR count). The van der Waals surface area contributed by atoms with E-state index in [4.69, 9.17) is 4.52 Å². The van der Waals surface area contributed by atoms with Crippen LogP contribution in [0, 0.1) is 18.6 Å². The summed E-state index contributed by atoms with van der Waals surface area (Å²) >= 11 is 0. The first-order chi connectivity index (χ1) is 8.13. The Hall–Kier alpha value is -2.24. The van der Waals surface area contributed by atoms with Gasteiger partial charge in [0.05, 0.1) is 11.2 Å². The van der Waals surface area contributed by atoms with Crippen LogP contribution in [0.1, 0.15) is 5.69 Å². The van der Waals surface area contributed by atoms with E-state index >= 15 is 0 Å². The smallest absolute Gasteiger partial charge is 0.202 e. The number of hydrogen-bond donors (Lipinski definition) is 1. The zero-order valence-corrected chi connectivity index (χ0v) is 8.79. The summed E-state index contributed by atoms with van der Waals surface area (Å²) in [6.45, 7) is 1.76. The maximum absolute atomic E-state index is 13.4. The van der Waals surface area contributed by atoms with Crippen molar-refractivity contribution in [3.63, 3.8) is 0 Å². The van der Waals surface area contributed by atoms with E-state index in [2.05, 4.69) is 15.1 Å². The zero-order chi connectivity index (χ0) is 12.0. The van der Waals surface area contributed by atoms with Crippen molar-refractivity contribution in [2.75, 3.05) is 0 Å². The predicted molar refractivity (Wildman–Crippen MR) is 56.2 cm³/mol. The standard InChI is InChI=1S/C11H7F2N3O/c1-5-2-9(17-16-5)11-14-8-4-6(12)3-7(13)10(8)15-11/h2-4H,1H3,(H,14,15). The number of nitrogens with zero attached hydrogens (tertiary/aromatic N) is 2. The number of H-pyrrole nitrogens is 1. The lowest BCUT2D eigenvalue weighted by atomic mass is 10.3. The first-order valence-corrected chi connectivity index (χ1v) is 4.92. The van der Waals surface area contributed by atoms with Crippen LogP contribution in [0.5, 0.6) is 0 Å². The summed E-state index contributed by atoms with van der Waals surface area (Å²) < 4.78 is 31.4. The molecule has 0 radical (unpaired) electrons. The van der Waals surface area contributed by atoms with Crippen molar-refractivity contribution in [1.29, 1.82) is 0 Å². The molecule has 2 heterocycles. The van der Waals surface area contributed by atoms with Gasteiger partial charge in [-0.1, -0.05) is 5.16 Å². The minimum atomic E-state index is -0.710. The molecule has 0 bridgehead atoms. The fourth-order valence-corrected chi connectivity index (χ4v) is 1.63. The molecule has 3 aromatic rings. The Bertz CT molecular complexity index is 702. The quantitative estimate of drug-likeness (QED) is 0.705. The second kappa shape index (κ2) is 3.38. The topological polar surface area (TPSA) is 54.7 Å². The maximum atomic E-state index is 13.4. The third kappa shape index (κ3) is 1.57. The van der Waals surface area contributed by atoms with E-state index in [1.807, 2.05) is 0 Å². The predicted octanol–water partition coefficient (Wildman–Crippen LogP) is 2.80. The van der Waals surface area contributed by atoms with Gasteiger partial charge in [-0.3, -0.25) is 0 Å². The first kappa shape index (κ1) is 9.95. The Balaban J connectivity index is 2.23. The fourth-order valence-electron chi connectivity index (χ4n) is 1.63. The number of imidazole rings is 1. The number of aromatic nitrogens is 3. The number of aryl methyl sites for hydroxylation is 1. The van der Waals surface area contributed by atoms with Gasteiger partial charge in [0.2, 0.25) is 5.76 Å². The Morgan fingerprint density at radius 3 is 2.76 bits per heavy atom. The monoisotopic (exact) mass is 235 g/mol. The highest BCUT2D eigenvalue weighted by molar-refractivity contribution is 5.79. The maximum Gasteiger partial charge on any atom is 0.202 e. The summed E-state index contributed by atoms with van der Waals surface area (Å²) in [6.07, 6.45) is 0. The van der Waals surface area contributed by atoms with Crippen LogP contribution in [-0.4, -0.2) is 15.1 Å². The van der Waals surface area contributed by atoms with Crippen molar-refractivity contribution in [2.45, 2.75) is 6.92 Å². The number of nitrogens with one attached hydrogen (secondary N) is 1. The van der Waals surface area contributed by atoms with Crippen LogP contribution in [0.25, 0.3) is 22.6 Å². The van der Waals surface area contributed by atoms with Gasteiger partial charge in [-0.2, -0.15) is 0 Å². The third-order valence-corrected chi connectivity index (χ3v) is 2.37. The minimum Gasteiger partial charge on any atom is -0.353 e. The van der Waals surface area contributed by atoms with Crippen molar-refractivity contribution < 1.29 is 13.3 Å². The lowest BCUT2D eigenvalue weighted by Crippen LogP contribution is -1.81. The summed E-state index contributed by atoms with van der Waals surface area (Å²) in [7, 11) is 0. The molecule has 1 aromatic carbocycles. The third-order valence-electron chi connectivity index (χ3n) is 2.37. The lowest BCUT2D eigenvalue weighted by molar-refractivity contribution is 0.425. The molecule has 0 aliphatic rings. The van der Waals surface area contributed by atoms with E-state index in [-0.39, 0.29) is 11.0 Å². The molecule has 0 saturated carbocycles. The van der Waals surface area contributed by atoms with Crippen molar-refractivity contribution in [3.05, 3.63) is 35.5 Å². The van der Waals surface area contributed by atoms with Crippen LogP contribution >= 0.6 is 0 Å². The fraction of sp³-hybridized carbons (Fsp3) is 0.0909. The molecule has 0 saturated heterocycles. The molecule has 86 valence electrons. The molecule has 1 N–H and O–H groups in total. The van der Waals surface area contributed by atoms with Gasteiger partial charge < -0.3 is 9.51 Å². The molecule has 0 amide bonds. The molecule has 0 atom stereocenters. The first-order valence-electron chi connectivity index (χ1n) is 4.92. The molecule has 0 spiro atoms. The molecular weight excluding hydrogens is 228 g/mol. The number of benzene rings is 1. The molecule has 17 heavy (non-hydrogen) atoms. The second-order valence-corrected chi connectivity index (χ2v) is 3.70. The molecule has 0 unspecified atom stereocenters. The zero-order valence-electron chi connectivity index (χ0n) is 8.79. The number of hydrogen-bond acceptors (Lipinski definition) is 3. The van der Waals surface area contributed by atoms with Gasteiger partial charge >= 0.3 is 0 Å². The van der Waals surface area contributed by atoms with E-state index in [9.17, 15) is 8.78 Å². The highest BCUT2D eigenvalue weighted by Gasteiger charge is 2.13. The number of rotatable bonds is 1. The molecule has 2 aromatic heterocycles. The van der Waals surface area contributed by atoms with E-state index in [1.165, 1.54) is 6.07 Å². The van der Waals surface area contributed by atoms with Crippen LogP contribution in [0.4, 0.5) is 8.78 Å². The summed E-state index contributed by atoms with van der Waals surface area (Å²) in [4.78, 5) is 6.79. The summed E-state index contributed by atoms with van der Waals surface area (Å²) in [6, 6.07) is 3.63. The number of halogens is 2. The Morgan fingerprint density at radius 1 is 1.24 bits per heavy atom. The summed E-state index contributed by atoms with van der Waals surface area (Å²) in [5.74, 6) is -0.652. The average Bonchev–Trinajstić information content (AvgIpc) is 2.83. The highest BCUT2D eigenvalue weighted by Crippen LogP contribution is 2.23. The Kier molecular flexibility index (Phi) is 1.98. The van der Waals surface area contributed by atoms with Crippen LogP contribution in [-0.2, 0) is 0 Å². The molecule has 0 aliphatic heterocycles. The average molecular weight is 235 g/mol. The van der Waals surface area contributed by atoms with Crippen molar-refractivity contribution in [1.82, 2.24) is 15.1 Å².